The van der Waals surface area contributed by atoms with Gasteiger partial charge in [0.05, 0.1) is 6.61 Å². The summed E-state index contributed by atoms with van der Waals surface area (Å²) < 4.78 is 10.3. The zero-order valence-corrected chi connectivity index (χ0v) is 9.45. The molecule has 0 saturated heterocycles. The Morgan fingerprint density at radius 2 is 2.40 bits per heavy atom. The summed E-state index contributed by atoms with van der Waals surface area (Å²) in [5.41, 5.74) is 5.93. The molecule has 0 aliphatic rings. The Hall–Kier alpha value is -1.27. The molecule has 0 aliphatic carbocycles. The van der Waals surface area contributed by atoms with Crippen LogP contribution in [-0.2, 0) is 4.74 Å². The second-order valence-electron chi connectivity index (χ2n) is 2.97. The lowest BCUT2D eigenvalue weighted by atomic mass is 10.4. The predicted molar refractivity (Wildman–Crippen MR) is 59.9 cm³/mol. The molecule has 2 N–H and O–H groups in total. The first kappa shape index (κ1) is 11.8. The van der Waals surface area contributed by atoms with E-state index in [2.05, 4.69) is 9.97 Å². The van der Waals surface area contributed by atoms with E-state index in [1.165, 1.54) is 0 Å². The molecule has 1 aromatic heterocycles. The Labute approximate surface area is 93.6 Å². The van der Waals surface area contributed by atoms with Gasteiger partial charge < -0.3 is 15.2 Å². The summed E-state index contributed by atoms with van der Waals surface area (Å²) in [5, 5.41) is 0. The molecule has 5 nitrogen and oxygen atoms in total. The lowest BCUT2D eigenvalue weighted by Gasteiger charge is -2.11. The van der Waals surface area contributed by atoms with E-state index in [9.17, 15) is 0 Å². The SMILES string of the molecule is COCC(C)Oc1nccc(C(N)=S)n1. The van der Waals surface area contributed by atoms with Gasteiger partial charge in [0.25, 0.3) is 0 Å². The molecule has 0 aliphatic heterocycles. The molecule has 0 fully saturated rings. The highest BCUT2D eigenvalue weighted by atomic mass is 32.1. The van der Waals surface area contributed by atoms with Gasteiger partial charge in [0, 0.05) is 13.3 Å². The molecule has 1 rings (SSSR count). The van der Waals surface area contributed by atoms with E-state index in [0.29, 0.717) is 12.3 Å². The average Bonchev–Trinajstić information content (AvgIpc) is 2.18. The van der Waals surface area contributed by atoms with Gasteiger partial charge in [-0.25, -0.2) is 4.98 Å². The van der Waals surface area contributed by atoms with Gasteiger partial charge in [-0.1, -0.05) is 12.2 Å². The number of thiocarbonyl (C=S) groups is 1. The second kappa shape index (κ2) is 5.57. The van der Waals surface area contributed by atoms with Crippen LogP contribution in [0.15, 0.2) is 12.3 Å². The molecule has 0 spiro atoms. The molecule has 6 heteroatoms. The fourth-order valence-corrected chi connectivity index (χ4v) is 1.10. The second-order valence-corrected chi connectivity index (χ2v) is 3.41. The molecule has 1 heterocycles. The Kier molecular flexibility index (Phi) is 4.38. The van der Waals surface area contributed by atoms with Crippen LogP contribution in [0.2, 0.25) is 0 Å². The van der Waals surface area contributed by atoms with Gasteiger partial charge in [0.15, 0.2) is 0 Å². The standard InChI is InChI=1S/C9H13N3O2S/c1-6(5-13-2)14-9-11-4-3-7(12-9)8(10)15/h3-4,6H,5H2,1-2H3,(H2,10,15). The Balaban J connectivity index is 2.69. The van der Waals surface area contributed by atoms with Crippen molar-refractivity contribution in [2.45, 2.75) is 13.0 Å². The van der Waals surface area contributed by atoms with Gasteiger partial charge in [0.1, 0.15) is 16.8 Å². The maximum absolute atomic E-state index is 5.43. The van der Waals surface area contributed by atoms with Crippen LogP contribution >= 0.6 is 12.2 Å². The zero-order valence-electron chi connectivity index (χ0n) is 8.64. The van der Waals surface area contributed by atoms with Crippen molar-refractivity contribution in [1.82, 2.24) is 9.97 Å². The highest BCUT2D eigenvalue weighted by Gasteiger charge is 2.07. The van der Waals surface area contributed by atoms with Crippen molar-refractivity contribution in [2.75, 3.05) is 13.7 Å². The average molecular weight is 227 g/mol. The molecule has 0 bridgehead atoms. The van der Waals surface area contributed by atoms with Gasteiger partial charge in [-0.05, 0) is 13.0 Å². The minimum absolute atomic E-state index is 0.114. The molecule has 1 unspecified atom stereocenters. The molecule has 1 aromatic rings. The summed E-state index contributed by atoms with van der Waals surface area (Å²) in [6.45, 7) is 2.33. The molecular weight excluding hydrogens is 214 g/mol. The van der Waals surface area contributed by atoms with Crippen LogP contribution in [0.4, 0.5) is 0 Å². The smallest absolute Gasteiger partial charge is 0.317 e. The van der Waals surface area contributed by atoms with E-state index in [-0.39, 0.29) is 17.1 Å². The highest BCUT2D eigenvalue weighted by Crippen LogP contribution is 2.05. The monoisotopic (exact) mass is 227 g/mol. The fourth-order valence-electron chi connectivity index (χ4n) is 0.983. The molecule has 15 heavy (non-hydrogen) atoms. The Bertz CT molecular complexity index is 346. The summed E-state index contributed by atoms with van der Waals surface area (Å²) >= 11 is 4.79. The summed E-state index contributed by atoms with van der Waals surface area (Å²) in [6, 6.07) is 1.89. The lowest BCUT2D eigenvalue weighted by molar-refractivity contribution is 0.0855. The van der Waals surface area contributed by atoms with E-state index in [4.69, 9.17) is 27.4 Å². The van der Waals surface area contributed by atoms with Gasteiger partial charge >= 0.3 is 6.01 Å². The third kappa shape index (κ3) is 3.77. The third-order valence-electron chi connectivity index (χ3n) is 1.59. The molecule has 1 atom stereocenters. The van der Waals surface area contributed by atoms with Crippen molar-refractivity contribution in [1.29, 1.82) is 0 Å². The van der Waals surface area contributed by atoms with Crippen LogP contribution in [0.3, 0.4) is 0 Å². The number of rotatable bonds is 5. The highest BCUT2D eigenvalue weighted by molar-refractivity contribution is 7.80. The van der Waals surface area contributed by atoms with E-state index >= 15 is 0 Å². The van der Waals surface area contributed by atoms with Crippen molar-refractivity contribution in [3.63, 3.8) is 0 Å². The molecule has 0 saturated carbocycles. The maximum Gasteiger partial charge on any atom is 0.317 e. The van der Waals surface area contributed by atoms with E-state index in [1.54, 1.807) is 19.4 Å². The van der Waals surface area contributed by atoms with Crippen LogP contribution < -0.4 is 10.5 Å². The van der Waals surface area contributed by atoms with Crippen LogP contribution in [0.25, 0.3) is 0 Å². The number of hydrogen-bond acceptors (Lipinski definition) is 5. The van der Waals surface area contributed by atoms with E-state index in [1.807, 2.05) is 6.92 Å². The normalized spacial score (nSPS) is 12.1. The molecular formula is C9H13N3O2S. The van der Waals surface area contributed by atoms with Crippen molar-refractivity contribution < 1.29 is 9.47 Å². The van der Waals surface area contributed by atoms with Crippen molar-refractivity contribution in [3.8, 4) is 6.01 Å². The topological polar surface area (TPSA) is 70.3 Å². The van der Waals surface area contributed by atoms with Gasteiger partial charge in [-0.15, -0.1) is 0 Å². The summed E-state index contributed by atoms with van der Waals surface area (Å²) in [7, 11) is 1.60. The number of nitrogens with two attached hydrogens (primary N) is 1. The minimum Gasteiger partial charge on any atom is -0.458 e. The fraction of sp³-hybridized carbons (Fsp3) is 0.444. The van der Waals surface area contributed by atoms with Gasteiger partial charge in [-0.3, -0.25) is 0 Å². The molecule has 0 radical (unpaired) electrons. The quantitative estimate of drug-likeness (QED) is 0.740. The van der Waals surface area contributed by atoms with Crippen molar-refractivity contribution >= 4 is 17.2 Å². The molecule has 82 valence electrons. The predicted octanol–water partition coefficient (Wildman–Crippen LogP) is 0.525. The lowest BCUT2D eigenvalue weighted by Crippen LogP contribution is -2.20. The summed E-state index contributed by atoms with van der Waals surface area (Å²) in [6.07, 6.45) is 1.44. The number of hydrogen-bond donors (Lipinski definition) is 1. The summed E-state index contributed by atoms with van der Waals surface area (Å²) in [4.78, 5) is 8.20. The number of ether oxygens (including phenoxy) is 2. The largest absolute Gasteiger partial charge is 0.458 e. The first-order valence-electron chi connectivity index (χ1n) is 4.42. The van der Waals surface area contributed by atoms with Crippen LogP contribution in [0, 0.1) is 0 Å². The first-order valence-corrected chi connectivity index (χ1v) is 4.82. The minimum atomic E-state index is -0.114. The van der Waals surface area contributed by atoms with Crippen LogP contribution in [-0.4, -0.2) is 34.8 Å². The van der Waals surface area contributed by atoms with Crippen LogP contribution in [0.1, 0.15) is 12.6 Å². The van der Waals surface area contributed by atoms with Crippen LogP contribution in [0.5, 0.6) is 6.01 Å². The third-order valence-corrected chi connectivity index (χ3v) is 1.80. The zero-order chi connectivity index (χ0) is 11.3. The van der Waals surface area contributed by atoms with Gasteiger partial charge in [-0.2, -0.15) is 4.98 Å². The number of aromatic nitrogens is 2. The maximum atomic E-state index is 5.43. The first-order chi connectivity index (χ1) is 7.13. The number of methoxy groups -OCH3 is 1. The van der Waals surface area contributed by atoms with Gasteiger partial charge in [0.2, 0.25) is 0 Å². The Morgan fingerprint density at radius 3 is 3.00 bits per heavy atom. The number of nitrogens with zero attached hydrogens (tertiary/aromatic N) is 2. The molecule has 0 aromatic carbocycles. The van der Waals surface area contributed by atoms with E-state index in [0.717, 1.165) is 0 Å². The van der Waals surface area contributed by atoms with Crippen molar-refractivity contribution in [3.05, 3.63) is 18.0 Å². The molecule has 0 amide bonds. The Morgan fingerprint density at radius 1 is 1.67 bits per heavy atom. The van der Waals surface area contributed by atoms with E-state index < -0.39 is 0 Å². The van der Waals surface area contributed by atoms with Crippen molar-refractivity contribution in [2.24, 2.45) is 5.73 Å². The summed E-state index contributed by atoms with van der Waals surface area (Å²) in [5.74, 6) is 0.